The molecular formula is C8H9ClN2. The van der Waals surface area contributed by atoms with Gasteiger partial charge in [0, 0.05) is 12.7 Å². The van der Waals surface area contributed by atoms with Crippen LogP contribution in [0.15, 0.2) is 31.1 Å². The quantitative estimate of drug-likeness (QED) is 0.699. The van der Waals surface area contributed by atoms with Gasteiger partial charge in [-0.25, -0.2) is 4.98 Å². The van der Waals surface area contributed by atoms with E-state index in [9.17, 15) is 0 Å². The summed E-state index contributed by atoms with van der Waals surface area (Å²) in [6.45, 7) is 4.28. The summed E-state index contributed by atoms with van der Waals surface area (Å²) in [7, 11) is 0. The largest absolute Gasteiger partial charge is 0.387 e. The topological polar surface area (TPSA) is 24.9 Å². The van der Waals surface area contributed by atoms with E-state index in [1.807, 2.05) is 6.07 Å². The number of aromatic nitrogens is 1. The minimum Gasteiger partial charge on any atom is -0.387 e. The van der Waals surface area contributed by atoms with Crippen molar-refractivity contribution in [1.29, 1.82) is 0 Å². The molecule has 0 amide bonds. The lowest BCUT2D eigenvalue weighted by Crippen LogP contribution is -2.03. The molecule has 0 fully saturated rings. The van der Waals surface area contributed by atoms with Gasteiger partial charge in [0.15, 0.2) is 0 Å². The molecule has 0 radical (unpaired) electrons. The molecule has 0 aliphatic heterocycles. The van der Waals surface area contributed by atoms with Crippen molar-refractivity contribution >= 4 is 11.6 Å². The van der Waals surface area contributed by atoms with Crippen LogP contribution in [0.2, 0.25) is 5.15 Å². The number of nitrogens with one attached hydrogen (secondary N) is 1. The minimum atomic E-state index is 0.521. The van der Waals surface area contributed by atoms with Crippen LogP contribution in [0.3, 0.4) is 0 Å². The Hall–Kier alpha value is -1.02. The van der Waals surface area contributed by atoms with E-state index in [2.05, 4.69) is 16.9 Å². The summed E-state index contributed by atoms with van der Waals surface area (Å²) in [6, 6.07) is 3.69. The van der Waals surface area contributed by atoms with Gasteiger partial charge in [-0.1, -0.05) is 24.2 Å². The number of hydrogen-bond acceptors (Lipinski definition) is 2. The predicted octanol–water partition coefficient (Wildman–Crippen LogP) is 1.97. The number of nitrogens with zero attached hydrogens (tertiary/aromatic N) is 1. The fourth-order valence-corrected chi connectivity index (χ4v) is 0.813. The molecule has 1 rings (SSSR count). The maximum absolute atomic E-state index is 5.59. The summed E-state index contributed by atoms with van der Waals surface area (Å²) in [5.74, 6) is 0. The minimum absolute atomic E-state index is 0.521. The molecule has 0 bridgehead atoms. The van der Waals surface area contributed by atoms with Crippen molar-refractivity contribution in [1.82, 2.24) is 10.3 Å². The van der Waals surface area contributed by atoms with Gasteiger partial charge < -0.3 is 5.32 Å². The van der Waals surface area contributed by atoms with E-state index in [4.69, 9.17) is 11.6 Å². The van der Waals surface area contributed by atoms with Crippen LogP contribution in [0.5, 0.6) is 0 Å². The molecule has 11 heavy (non-hydrogen) atoms. The van der Waals surface area contributed by atoms with Crippen molar-refractivity contribution in [3.63, 3.8) is 0 Å². The highest BCUT2D eigenvalue weighted by Gasteiger charge is 1.90. The van der Waals surface area contributed by atoms with Gasteiger partial charge in [0.2, 0.25) is 0 Å². The first kappa shape index (κ1) is 8.08. The van der Waals surface area contributed by atoms with Gasteiger partial charge in [0.05, 0.1) is 0 Å². The highest BCUT2D eigenvalue weighted by Crippen LogP contribution is 2.04. The molecule has 0 aliphatic rings. The molecule has 0 atom stereocenters. The maximum Gasteiger partial charge on any atom is 0.129 e. The van der Waals surface area contributed by atoms with Crippen molar-refractivity contribution in [2.24, 2.45) is 0 Å². The van der Waals surface area contributed by atoms with Crippen LogP contribution in [0, 0.1) is 0 Å². The number of halogens is 1. The third-order valence-corrected chi connectivity index (χ3v) is 1.46. The zero-order valence-corrected chi connectivity index (χ0v) is 6.80. The highest BCUT2D eigenvalue weighted by molar-refractivity contribution is 6.29. The summed E-state index contributed by atoms with van der Waals surface area (Å²) in [6.07, 6.45) is 3.38. The van der Waals surface area contributed by atoms with E-state index in [1.54, 1.807) is 18.5 Å². The van der Waals surface area contributed by atoms with Gasteiger partial charge in [0.1, 0.15) is 5.15 Å². The van der Waals surface area contributed by atoms with E-state index in [1.165, 1.54) is 0 Å². The Morgan fingerprint density at radius 2 is 2.45 bits per heavy atom. The smallest absolute Gasteiger partial charge is 0.129 e. The molecule has 1 aromatic rings. The first-order valence-electron chi connectivity index (χ1n) is 3.27. The molecule has 0 spiro atoms. The van der Waals surface area contributed by atoms with Crippen LogP contribution in [0.25, 0.3) is 0 Å². The van der Waals surface area contributed by atoms with E-state index >= 15 is 0 Å². The van der Waals surface area contributed by atoms with Crippen LogP contribution >= 0.6 is 11.6 Å². The Morgan fingerprint density at radius 1 is 1.64 bits per heavy atom. The predicted molar refractivity (Wildman–Crippen MR) is 46.3 cm³/mol. The number of rotatable bonds is 3. The Labute approximate surface area is 70.9 Å². The lowest BCUT2D eigenvalue weighted by atomic mass is 10.3. The second kappa shape index (κ2) is 3.98. The third-order valence-electron chi connectivity index (χ3n) is 1.24. The van der Waals surface area contributed by atoms with Gasteiger partial charge in [-0.15, -0.1) is 0 Å². The monoisotopic (exact) mass is 168 g/mol. The van der Waals surface area contributed by atoms with Crippen LogP contribution in [0.1, 0.15) is 5.56 Å². The van der Waals surface area contributed by atoms with Crippen molar-refractivity contribution in [2.75, 3.05) is 0 Å². The fourth-order valence-electron chi connectivity index (χ4n) is 0.701. The average Bonchev–Trinajstić information content (AvgIpc) is 2.04. The van der Waals surface area contributed by atoms with Gasteiger partial charge in [0.25, 0.3) is 0 Å². The molecular weight excluding hydrogens is 160 g/mol. The molecule has 0 aliphatic carbocycles. The summed E-state index contributed by atoms with van der Waals surface area (Å²) >= 11 is 5.59. The molecule has 0 aromatic carbocycles. The Morgan fingerprint density at radius 3 is 3.00 bits per heavy atom. The van der Waals surface area contributed by atoms with Crippen molar-refractivity contribution in [3.05, 3.63) is 41.8 Å². The van der Waals surface area contributed by atoms with Crippen molar-refractivity contribution in [3.8, 4) is 0 Å². The van der Waals surface area contributed by atoms with Gasteiger partial charge >= 0.3 is 0 Å². The van der Waals surface area contributed by atoms with Gasteiger partial charge in [-0.3, -0.25) is 0 Å². The maximum atomic E-state index is 5.59. The van der Waals surface area contributed by atoms with E-state index < -0.39 is 0 Å². The third kappa shape index (κ3) is 2.60. The van der Waals surface area contributed by atoms with Crippen molar-refractivity contribution in [2.45, 2.75) is 6.54 Å². The second-order valence-electron chi connectivity index (χ2n) is 2.07. The zero-order valence-electron chi connectivity index (χ0n) is 6.05. The fraction of sp³-hybridized carbons (Fsp3) is 0.125. The first-order valence-corrected chi connectivity index (χ1v) is 3.65. The molecule has 58 valence electrons. The van der Waals surface area contributed by atoms with Crippen LogP contribution in [-0.4, -0.2) is 4.98 Å². The summed E-state index contributed by atoms with van der Waals surface area (Å²) in [5.41, 5.74) is 1.09. The zero-order chi connectivity index (χ0) is 8.10. The van der Waals surface area contributed by atoms with Crippen LogP contribution in [0.4, 0.5) is 0 Å². The molecule has 3 heteroatoms. The Kier molecular flexibility index (Phi) is 2.93. The van der Waals surface area contributed by atoms with Crippen LogP contribution in [-0.2, 0) is 6.54 Å². The first-order chi connectivity index (χ1) is 5.33. The van der Waals surface area contributed by atoms with E-state index in [-0.39, 0.29) is 0 Å². The molecule has 1 aromatic heterocycles. The summed E-state index contributed by atoms with van der Waals surface area (Å²) in [4.78, 5) is 3.92. The normalized spacial score (nSPS) is 9.18. The molecule has 1 heterocycles. The molecule has 1 N–H and O–H groups in total. The second-order valence-corrected chi connectivity index (χ2v) is 2.46. The van der Waals surface area contributed by atoms with Crippen LogP contribution < -0.4 is 5.32 Å². The number of pyridine rings is 1. The standard InChI is InChI=1S/C8H9ClN2/c1-2-10-5-7-3-4-8(9)11-6-7/h2-4,6,10H,1,5H2. The lowest BCUT2D eigenvalue weighted by molar-refractivity contribution is 0.866. The summed E-state index contributed by atoms with van der Waals surface area (Å²) < 4.78 is 0. The highest BCUT2D eigenvalue weighted by atomic mass is 35.5. The van der Waals surface area contributed by atoms with E-state index in [0.717, 1.165) is 12.1 Å². The van der Waals surface area contributed by atoms with Crippen molar-refractivity contribution < 1.29 is 0 Å². The van der Waals surface area contributed by atoms with Gasteiger partial charge in [-0.2, -0.15) is 0 Å². The SMILES string of the molecule is C=CNCc1ccc(Cl)nc1. The molecule has 0 saturated heterocycles. The average molecular weight is 169 g/mol. The van der Waals surface area contributed by atoms with Gasteiger partial charge in [-0.05, 0) is 17.8 Å². The Balaban J connectivity index is 2.58. The van der Waals surface area contributed by atoms with E-state index in [0.29, 0.717) is 5.15 Å². The molecule has 0 unspecified atom stereocenters. The Bertz CT molecular complexity index is 230. The molecule has 0 saturated carbocycles. The summed E-state index contributed by atoms with van der Waals surface area (Å²) in [5, 5.41) is 3.49. The lowest BCUT2D eigenvalue weighted by Gasteiger charge is -1.98. The molecule has 2 nitrogen and oxygen atoms in total. The number of hydrogen-bond donors (Lipinski definition) is 1.